The Balaban J connectivity index is 1.42. The van der Waals surface area contributed by atoms with Crippen molar-refractivity contribution in [2.45, 2.75) is 13.3 Å². The van der Waals surface area contributed by atoms with Crippen LogP contribution in [0.1, 0.15) is 12.0 Å². The zero-order valence-corrected chi connectivity index (χ0v) is 17.3. The van der Waals surface area contributed by atoms with Gasteiger partial charge in [-0.2, -0.15) is 0 Å². The molecule has 2 fully saturated rings. The monoisotopic (exact) mass is 411 g/mol. The molecule has 0 saturated carbocycles. The summed E-state index contributed by atoms with van der Waals surface area (Å²) in [7, 11) is 1.58. The van der Waals surface area contributed by atoms with Gasteiger partial charge in [-0.1, -0.05) is 18.2 Å². The van der Waals surface area contributed by atoms with Crippen LogP contribution in [0.2, 0.25) is 0 Å². The first-order chi connectivity index (χ1) is 14.5. The maximum absolute atomic E-state index is 14.0. The number of methoxy groups -OCH3 is 1. The number of amides is 2. The Kier molecular flexibility index (Phi) is 5.61. The lowest BCUT2D eigenvalue weighted by Gasteiger charge is -2.37. The second-order valence-electron chi connectivity index (χ2n) is 7.77. The average Bonchev–Trinajstić information content (AvgIpc) is 3.15. The zero-order valence-electron chi connectivity index (χ0n) is 17.3. The Morgan fingerprint density at radius 3 is 2.47 bits per heavy atom. The minimum Gasteiger partial charge on any atom is -0.495 e. The van der Waals surface area contributed by atoms with Gasteiger partial charge in [0.05, 0.1) is 18.5 Å². The molecular formula is C23H26FN3O3. The number of carbonyl (C=O) groups excluding carboxylic acids is 2. The summed E-state index contributed by atoms with van der Waals surface area (Å²) in [6.45, 7) is 4.49. The highest BCUT2D eigenvalue weighted by atomic mass is 19.1. The van der Waals surface area contributed by atoms with Crippen LogP contribution in [0.4, 0.5) is 15.8 Å². The fourth-order valence-electron chi connectivity index (χ4n) is 4.26. The van der Waals surface area contributed by atoms with Gasteiger partial charge in [0.15, 0.2) is 0 Å². The molecule has 0 spiro atoms. The summed E-state index contributed by atoms with van der Waals surface area (Å²) >= 11 is 0. The van der Waals surface area contributed by atoms with Crippen molar-refractivity contribution in [3.63, 3.8) is 0 Å². The van der Waals surface area contributed by atoms with Crippen molar-refractivity contribution < 1.29 is 18.7 Å². The van der Waals surface area contributed by atoms with Gasteiger partial charge in [0.25, 0.3) is 0 Å². The minimum atomic E-state index is -0.671. The van der Waals surface area contributed by atoms with Gasteiger partial charge in [-0.3, -0.25) is 9.59 Å². The van der Waals surface area contributed by atoms with E-state index in [4.69, 9.17) is 4.74 Å². The Morgan fingerprint density at radius 2 is 1.77 bits per heavy atom. The van der Waals surface area contributed by atoms with Gasteiger partial charge in [0, 0.05) is 32.7 Å². The number of hydrogen-bond donors (Lipinski definition) is 0. The van der Waals surface area contributed by atoms with Gasteiger partial charge in [-0.05, 0) is 43.2 Å². The highest BCUT2D eigenvalue weighted by molar-refractivity contribution is 6.10. The molecule has 0 radical (unpaired) electrons. The van der Waals surface area contributed by atoms with Crippen LogP contribution < -0.4 is 14.5 Å². The minimum absolute atomic E-state index is 0.137. The van der Waals surface area contributed by atoms with Crippen molar-refractivity contribution in [2.75, 3.05) is 49.6 Å². The standard InChI is InChI=1S/C23H26FN3O3/c1-16-7-8-21(30-2)20(15-16)27-10-9-17(23(27)29)22(28)26-13-11-25(12-14-26)19-6-4-3-5-18(19)24/h3-8,15,17H,9-14H2,1-2H3/t17-/m0/s1. The lowest BCUT2D eigenvalue weighted by molar-refractivity contribution is -0.140. The number of carbonyl (C=O) groups is 2. The maximum Gasteiger partial charge on any atom is 0.239 e. The molecule has 6 nitrogen and oxygen atoms in total. The molecule has 2 aliphatic heterocycles. The van der Waals surface area contributed by atoms with Crippen LogP contribution in [0, 0.1) is 18.7 Å². The molecule has 4 rings (SSSR count). The van der Waals surface area contributed by atoms with Gasteiger partial charge in [-0.25, -0.2) is 4.39 Å². The fraction of sp³-hybridized carbons (Fsp3) is 0.391. The molecule has 158 valence electrons. The number of para-hydroxylation sites is 1. The summed E-state index contributed by atoms with van der Waals surface area (Å²) in [6, 6.07) is 12.4. The van der Waals surface area contributed by atoms with Crippen LogP contribution in [0.3, 0.4) is 0 Å². The van der Waals surface area contributed by atoms with Crippen molar-refractivity contribution in [2.24, 2.45) is 5.92 Å². The number of benzene rings is 2. The SMILES string of the molecule is COc1ccc(C)cc1N1CC[C@@H](C(=O)N2CCN(c3ccccc3F)CC2)C1=O. The molecule has 0 aliphatic carbocycles. The largest absolute Gasteiger partial charge is 0.495 e. The third-order valence-corrected chi connectivity index (χ3v) is 5.91. The molecule has 2 aromatic carbocycles. The van der Waals surface area contributed by atoms with Crippen LogP contribution >= 0.6 is 0 Å². The summed E-state index contributed by atoms with van der Waals surface area (Å²) < 4.78 is 19.4. The average molecular weight is 411 g/mol. The van der Waals surface area contributed by atoms with E-state index in [2.05, 4.69) is 0 Å². The molecule has 2 saturated heterocycles. The van der Waals surface area contributed by atoms with E-state index in [1.54, 1.807) is 35.1 Å². The number of nitrogens with zero attached hydrogens (tertiary/aromatic N) is 3. The van der Waals surface area contributed by atoms with Gasteiger partial charge in [0.1, 0.15) is 17.5 Å². The second kappa shape index (κ2) is 8.34. The Bertz CT molecular complexity index is 956. The predicted molar refractivity (Wildman–Crippen MR) is 113 cm³/mol. The van der Waals surface area contributed by atoms with Crippen molar-refractivity contribution in [3.8, 4) is 5.75 Å². The summed E-state index contributed by atoms with van der Waals surface area (Å²) in [5, 5.41) is 0. The third-order valence-electron chi connectivity index (χ3n) is 5.91. The molecular weight excluding hydrogens is 385 g/mol. The quantitative estimate of drug-likeness (QED) is 0.726. The first-order valence-electron chi connectivity index (χ1n) is 10.2. The zero-order chi connectivity index (χ0) is 21.3. The van der Waals surface area contributed by atoms with E-state index >= 15 is 0 Å². The van der Waals surface area contributed by atoms with E-state index in [0.717, 1.165) is 5.56 Å². The van der Waals surface area contributed by atoms with Crippen molar-refractivity contribution >= 4 is 23.2 Å². The van der Waals surface area contributed by atoms with E-state index in [-0.39, 0.29) is 17.6 Å². The van der Waals surface area contributed by atoms with E-state index in [1.165, 1.54) is 6.07 Å². The summed E-state index contributed by atoms with van der Waals surface area (Å²) in [5.41, 5.74) is 2.29. The van der Waals surface area contributed by atoms with Crippen molar-refractivity contribution in [1.82, 2.24) is 4.90 Å². The molecule has 30 heavy (non-hydrogen) atoms. The molecule has 0 unspecified atom stereocenters. The molecule has 2 aliphatic rings. The van der Waals surface area contributed by atoms with E-state index in [1.807, 2.05) is 30.0 Å². The third kappa shape index (κ3) is 3.72. The number of aryl methyl sites for hydroxylation is 1. The van der Waals surface area contributed by atoms with Gasteiger partial charge in [-0.15, -0.1) is 0 Å². The number of piperazine rings is 1. The van der Waals surface area contributed by atoms with Crippen LogP contribution in [0.25, 0.3) is 0 Å². The Morgan fingerprint density at radius 1 is 1.03 bits per heavy atom. The van der Waals surface area contributed by atoms with E-state index in [0.29, 0.717) is 56.3 Å². The van der Waals surface area contributed by atoms with Crippen LogP contribution in [-0.2, 0) is 9.59 Å². The molecule has 2 aromatic rings. The van der Waals surface area contributed by atoms with E-state index in [9.17, 15) is 14.0 Å². The Hall–Kier alpha value is -3.09. The highest BCUT2D eigenvalue weighted by Gasteiger charge is 2.41. The van der Waals surface area contributed by atoms with Gasteiger partial charge >= 0.3 is 0 Å². The van der Waals surface area contributed by atoms with Crippen molar-refractivity contribution in [3.05, 3.63) is 53.8 Å². The normalized spacial score (nSPS) is 19.4. The van der Waals surface area contributed by atoms with Gasteiger partial charge in [0.2, 0.25) is 11.8 Å². The molecule has 1 atom stereocenters. The summed E-state index contributed by atoms with van der Waals surface area (Å²) in [4.78, 5) is 31.5. The smallest absolute Gasteiger partial charge is 0.239 e. The van der Waals surface area contributed by atoms with Crippen LogP contribution in [0.5, 0.6) is 5.75 Å². The Labute approximate surface area is 175 Å². The topological polar surface area (TPSA) is 53.1 Å². The first kappa shape index (κ1) is 20.2. The van der Waals surface area contributed by atoms with Crippen LogP contribution in [-0.4, -0.2) is 56.5 Å². The summed E-state index contributed by atoms with van der Waals surface area (Å²) in [5.74, 6) is -0.621. The fourth-order valence-corrected chi connectivity index (χ4v) is 4.26. The molecule has 0 aromatic heterocycles. The number of hydrogen-bond acceptors (Lipinski definition) is 4. The number of anilines is 2. The predicted octanol–water partition coefficient (Wildman–Crippen LogP) is 2.84. The first-order valence-corrected chi connectivity index (χ1v) is 10.2. The highest BCUT2D eigenvalue weighted by Crippen LogP contribution is 2.34. The molecule has 7 heteroatoms. The number of rotatable bonds is 4. The van der Waals surface area contributed by atoms with Crippen LogP contribution in [0.15, 0.2) is 42.5 Å². The van der Waals surface area contributed by atoms with Gasteiger partial charge < -0.3 is 19.4 Å². The molecule has 0 bridgehead atoms. The molecule has 0 N–H and O–H groups in total. The molecule has 2 amide bonds. The lowest BCUT2D eigenvalue weighted by atomic mass is 10.1. The lowest BCUT2D eigenvalue weighted by Crippen LogP contribution is -2.51. The maximum atomic E-state index is 14.0. The second-order valence-corrected chi connectivity index (χ2v) is 7.77. The van der Waals surface area contributed by atoms with E-state index < -0.39 is 5.92 Å². The summed E-state index contributed by atoms with van der Waals surface area (Å²) in [6.07, 6.45) is 0.488. The number of halogens is 1. The van der Waals surface area contributed by atoms with Crippen molar-refractivity contribution in [1.29, 1.82) is 0 Å². The molecule has 2 heterocycles. The number of ether oxygens (including phenoxy) is 1.